The number of aromatic nitrogens is 3. The number of hydrogen-bond acceptors (Lipinski definition) is 3. The zero-order chi connectivity index (χ0) is 15.9. The Balaban J connectivity index is 2.32. The largest absolute Gasteiger partial charge is 0.281 e. The van der Waals surface area contributed by atoms with E-state index in [9.17, 15) is 0 Å². The van der Waals surface area contributed by atoms with Gasteiger partial charge >= 0.3 is 0 Å². The first kappa shape index (κ1) is 15.0. The molecule has 0 N–H and O–H groups in total. The van der Waals surface area contributed by atoms with E-state index in [0.717, 1.165) is 34.2 Å². The molecule has 0 radical (unpaired) electrons. The molecule has 2 heterocycles. The van der Waals surface area contributed by atoms with Crippen LogP contribution >= 0.6 is 23.2 Å². The molecule has 0 saturated heterocycles. The summed E-state index contributed by atoms with van der Waals surface area (Å²) in [5, 5.41) is 9.42. The number of hydrogen-bond donors (Lipinski definition) is 0. The molecule has 0 aliphatic carbocycles. The monoisotopic (exact) mass is 332 g/mol. The Kier molecular flexibility index (Phi) is 3.89. The van der Waals surface area contributed by atoms with Crippen LogP contribution in [0.15, 0.2) is 46.5 Å². The molecule has 1 aliphatic rings. The van der Waals surface area contributed by atoms with Gasteiger partial charge in [-0.1, -0.05) is 35.9 Å². The summed E-state index contributed by atoms with van der Waals surface area (Å²) >= 11 is 12.3. The summed E-state index contributed by atoms with van der Waals surface area (Å²) < 4.78 is 1.99. The Morgan fingerprint density at radius 2 is 2.14 bits per heavy atom. The minimum atomic E-state index is 0.421. The lowest BCUT2D eigenvalue weighted by molar-refractivity contribution is 0.861. The fourth-order valence-electron chi connectivity index (χ4n) is 2.60. The van der Waals surface area contributed by atoms with Gasteiger partial charge in [-0.3, -0.25) is 9.56 Å². The predicted octanol–water partition coefficient (Wildman–Crippen LogP) is 4.23. The van der Waals surface area contributed by atoms with Gasteiger partial charge in [-0.2, -0.15) is 0 Å². The second-order valence-corrected chi connectivity index (χ2v) is 5.83. The lowest BCUT2D eigenvalue weighted by Gasteiger charge is -2.14. The van der Waals surface area contributed by atoms with Crippen LogP contribution in [0, 0.1) is 6.92 Å². The number of aryl methyl sites for hydroxylation is 1. The number of nitrogens with zero attached hydrogens (tertiary/aromatic N) is 4. The highest BCUT2D eigenvalue weighted by atomic mass is 35.5. The van der Waals surface area contributed by atoms with Crippen LogP contribution in [-0.4, -0.2) is 20.5 Å². The van der Waals surface area contributed by atoms with E-state index >= 15 is 0 Å². The number of rotatable bonds is 2. The number of halogens is 2. The average Bonchev–Trinajstić information content (AvgIpc) is 2.76. The molecule has 2 aromatic rings. The molecule has 0 unspecified atom stereocenters. The summed E-state index contributed by atoms with van der Waals surface area (Å²) in [4.78, 5) is 4.67. The van der Waals surface area contributed by atoms with E-state index in [0.29, 0.717) is 16.6 Å². The van der Waals surface area contributed by atoms with Gasteiger partial charge < -0.3 is 0 Å². The number of allylic oxidation sites excluding steroid dienone is 3. The molecule has 112 valence electrons. The van der Waals surface area contributed by atoms with E-state index in [2.05, 4.69) is 21.8 Å². The molecule has 1 aromatic heterocycles. The smallest absolute Gasteiger partial charge is 0.159 e. The van der Waals surface area contributed by atoms with Gasteiger partial charge in [-0.15, -0.1) is 10.2 Å². The lowest BCUT2D eigenvalue weighted by atomic mass is 10.00. The highest BCUT2D eigenvalue weighted by Crippen LogP contribution is 2.30. The summed E-state index contributed by atoms with van der Waals surface area (Å²) in [6.07, 6.45) is 1.90. The minimum Gasteiger partial charge on any atom is -0.281 e. The summed E-state index contributed by atoms with van der Waals surface area (Å²) in [6, 6.07) is 5.67. The first-order valence-corrected chi connectivity index (χ1v) is 7.55. The number of fused-ring (bicyclic) bond motifs is 3. The highest BCUT2D eigenvalue weighted by molar-refractivity contribution is 6.37. The third kappa shape index (κ3) is 2.38. The van der Waals surface area contributed by atoms with E-state index in [1.807, 2.05) is 42.7 Å². The van der Waals surface area contributed by atoms with E-state index in [1.54, 1.807) is 0 Å². The Bertz CT molecular complexity index is 831. The topological polar surface area (TPSA) is 43.1 Å². The van der Waals surface area contributed by atoms with Crippen LogP contribution in [0.2, 0.25) is 5.02 Å². The summed E-state index contributed by atoms with van der Waals surface area (Å²) in [7, 11) is 0. The van der Waals surface area contributed by atoms with Crippen molar-refractivity contribution in [3.05, 3.63) is 63.7 Å². The molecule has 4 nitrogen and oxygen atoms in total. The molecule has 0 fully saturated rings. The van der Waals surface area contributed by atoms with Gasteiger partial charge in [0.2, 0.25) is 0 Å². The van der Waals surface area contributed by atoms with Crippen molar-refractivity contribution in [2.75, 3.05) is 0 Å². The third-order valence-corrected chi connectivity index (χ3v) is 4.00. The molecular formula is C16H14Cl2N4. The van der Waals surface area contributed by atoms with E-state index in [1.165, 1.54) is 0 Å². The normalized spacial score (nSPS) is 14.0. The van der Waals surface area contributed by atoms with Crippen molar-refractivity contribution < 1.29 is 0 Å². The fraction of sp³-hybridized carbons (Fsp3) is 0.188. The average molecular weight is 333 g/mol. The summed E-state index contributed by atoms with van der Waals surface area (Å²) in [5.74, 6) is 1.59. The van der Waals surface area contributed by atoms with Crippen molar-refractivity contribution in [3.63, 3.8) is 0 Å². The van der Waals surface area contributed by atoms with Crippen LogP contribution in [0.4, 0.5) is 0 Å². The quantitative estimate of drug-likeness (QED) is 0.772. The van der Waals surface area contributed by atoms with Crippen molar-refractivity contribution in [1.82, 2.24) is 14.8 Å². The van der Waals surface area contributed by atoms with Crippen molar-refractivity contribution in [2.45, 2.75) is 20.4 Å². The van der Waals surface area contributed by atoms with Gasteiger partial charge in [-0.05, 0) is 32.0 Å². The SMILES string of the molecule is C=C(Cl)/C(=C\C)C1=NCc2nnc(C)n2-c2ccc(Cl)cc21. The van der Waals surface area contributed by atoms with Crippen molar-refractivity contribution in [3.8, 4) is 5.69 Å². The molecule has 0 spiro atoms. The Morgan fingerprint density at radius 3 is 2.82 bits per heavy atom. The maximum atomic E-state index is 6.19. The maximum absolute atomic E-state index is 6.19. The lowest BCUT2D eigenvalue weighted by Crippen LogP contribution is -2.09. The molecule has 0 amide bonds. The van der Waals surface area contributed by atoms with Crippen molar-refractivity contribution in [2.24, 2.45) is 4.99 Å². The zero-order valence-corrected chi connectivity index (χ0v) is 13.8. The standard InChI is InChI=1S/C16H14Cl2N4/c1-4-12(9(2)17)16-13-7-11(18)5-6-14(13)22-10(3)20-21-15(22)8-19-16/h4-7H,2,8H2,1,3H3/b12-4+. The molecule has 0 saturated carbocycles. The van der Waals surface area contributed by atoms with Crippen LogP contribution in [0.5, 0.6) is 0 Å². The second-order valence-electron chi connectivity index (χ2n) is 4.93. The number of benzene rings is 1. The first-order chi connectivity index (χ1) is 10.5. The highest BCUT2D eigenvalue weighted by Gasteiger charge is 2.23. The summed E-state index contributed by atoms with van der Waals surface area (Å²) in [5.41, 5.74) is 3.39. The van der Waals surface area contributed by atoms with Crippen molar-refractivity contribution in [1.29, 1.82) is 0 Å². The van der Waals surface area contributed by atoms with Gasteiger partial charge in [0.15, 0.2) is 5.82 Å². The Hall–Kier alpha value is -1.91. The molecule has 3 rings (SSSR count). The van der Waals surface area contributed by atoms with Crippen LogP contribution in [0.25, 0.3) is 5.69 Å². The Morgan fingerprint density at radius 1 is 1.36 bits per heavy atom. The molecule has 0 bridgehead atoms. The molecular weight excluding hydrogens is 319 g/mol. The predicted molar refractivity (Wildman–Crippen MR) is 90.1 cm³/mol. The molecule has 6 heteroatoms. The number of aliphatic imine (C=N–C) groups is 1. The maximum Gasteiger partial charge on any atom is 0.159 e. The molecule has 0 atom stereocenters. The second kappa shape index (κ2) is 5.71. The van der Waals surface area contributed by atoms with Crippen LogP contribution in [0.1, 0.15) is 24.1 Å². The van der Waals surface area contributed by atoms with E-state index in [-0.39, 0.29) is 0 Å². The zero-order valence-electron chi connectivity index (χ0n) is 12.3. The van der Waals surface area contributed by atoms with Crippen molar-refractivity contribution >= 4 is 28.9 Å². The van der Waals surface area contributed by atoms with Crippen LogP contribution in [-0.2, 0) is 6.54 Å². The van der Waals surface area contributed by atoms with Gasteiger partial charge in [0, 0.05) is 21.2 Å². The molecule has 1 aromatic carbocycles. The van der Waals surface area contributed by atoms with Gasteiger partial charge in [0.05, 0.1) is 11.4 Å². The Labute approximate surface area is 138 Å². The molecule has 22 heavy (non-hydrogen) atoms. The summed E-state index contributed by atoms with van der Waals surface area (Å²) in [6.45, 7) is 8.07. The van der Waals surface area contributed by atoms with Gasteiger partial charge in [-0.25, -0.2) is 0 Å². The first-order valence-electron chi connectivity index (χ1n) is 6.80. The molecule has 1 aliphatic heterocycles. The van der Waals surface area contributed by atoms with E-state index < -0.39 is 0 Å². The van der Waals surface area contributed by atoms with Crippen LogP contribution < -0.4 is 0 Å². The van der Waals surface area contributed by atoms with E-state index in [4.69, 9.17) is 23.2 Å². The van der Waals surface area contributed by atoms with Gasteiger partial charge in [0.25, 0.3) is 0 Å². The van der Waals surface area contributed by atoms with Crippen LogP contribution in [0.3, 0.4) is 0 Å². The third-order valence-electron chi connectivity index (χ3n) is 3.56. The van der Waals surface area contributed by atoms with Gasteiger partial charge in [0.1, 0.15) is 12.4 Å². The minimum absolute atomic E-state index is 0.421. The fourth-order valence-corrected chi connectivity index (χ4v) is 2.97.